The predicted molar refractivity (Wildman–Crippen MR) is 99.3 cm³/mol. The molecule has 8 heteroatoms. The van der Waals surface area contributed by atoms with Crippen molar-refractivity contribution in [3.05, 3.63) is 36.5 Å². The molecule has 0 unspecified atom stereocenters. The molecule has 2 aromatic rings. The van der Waals surface area contributed by atoms with Gasteiger partial charge in [0.25, 0.3) is 12.9 Å². The number of hydrogen-bond donors (Lipinski definition) is 4. The Balaban J connectivity index is 0.000000499. The van der Waals surface area contributed by atoms with Crippen molar-refractivity contribution in [2.75, 3.05) is 31.6 Å². The molecule has 26 heavy (non-hydrogen) atoms. The van der Waals surface area contributed by atoms with Crippen molar-refractivity contribution in [2.24, 2.45) is 0 Å². The van der Waals surface area contributed by atoms with E-state index in [1.54, 1.807) is 0 Å². The number of nitrogens with one attached hydrogen (secondary N) is 1. The Morgan fingerprint density at radius 2 is 1.73 bits per heavy atom. The lowest BCUT2D eigenvalue weighted by Gasteiger charge is -2.32. The van der Waals surface area contributed by atoms with Crippen molar-refractivity contribution in [1.82, 2.24) is 9.88 Å². The molecule has 2 heterocycles. The number of aromatic nitrogens is 1. The fraction of sp³-hybridized carbons (Fsp3) is 0.389. The normalized spacial score (nSPS) is 14.3. The molecule has 1 saturated heterocycles. The summed E-state index contributed by atoms with van der Waals surface area (Å²) in [5, 5.41) is 28.7. The Morgan fingerprint density at radius 3 is 2.35 bits per heavy atom. The van der Waals surface area contributed by atoms with Gasteiger partial charge in [0.2, 0.25) is 0 Å². The van der Waals surface area contributed by atoms with E-state index in [1.807, 2.05) is 12.3 Å². The SMILES string of the molecule is O=CO.O=CO.OCCN1CCC(Nc2nccc3ccccc23)CC1. The van der Waals surface area contributed by atoms with Crippen LogP contribution in [0.1, 0.15) is 12.8 Å². The molecule has 1 aromatic heterocycles. The van der Waals surface area contributed by atoms with Crippen LogP contribution >= 0.6 is 0 Å². The van der Waals surface area contributed by atoms with Crippen molar-refractivity contribution >= 4 is 29.5 Å². The number of likely N-dealkylation sites (tertiary alicyclic amines) is 1. The Labute approximate surface area is 152 Å². The maximum absolute atomic E-state index is 8.97. The molecule has 0 bridgehead atoms. The molecular weight excluding hydrogens is 338 g/mol. The highest BCUT2D eigenvalue weighted by atomic mass is 16.3. The van der Waals surface area contributed by atoms with Crippen LogP contribution in [0.15, 0.2) is 36.5 Å². The molecule has 0 aliphatic carbocycles. The Morgan fingerprint density at radius 1 is 1.12 bits per heavy atom. The Kier molecular flexibility index (Phi) is 10.4. The van der Waals surface area contributed by atoms with Gasteiger partial charge in [0, 0.05) is 37.3 Å². The van der Waals surface area contributed by atoms with Crippen LogP contribution in [0.5, 0.6) is 0 Å². The van der Waals surface area contributed by atoms with E-state index in [2.05, 4.69) is 39.5 Å². The van der Waals surface area contributed by atoms with E-state index in [-0.39, 0.29) is 19.6 Å². The van der Waals surface area contributed by atoms with Crippen molar-refractivity contribution in [2.45, 2.75) is 18.9 Å². The summed E-state index contributed by atoms with van der Waals surface area (Å²) >= 11 is 0. The third kappa shape index (κ3) is 7.04. The predicted octanol–water partition coefficient (Wildman–Crippen LogP) is 1.51. The van der Waals surface area contributed by atoms with Gasteiger partial charge >= 0.3 is 0 Å². The molecule has 0 spiro atoms. The first kappa shape index (κ1) is 21.3. The summed E-state index contributed by atoms with van der Waals surface area (Å²) < 4.78 is 0. The molecule has 3 rings (SSSR count). The number of rotatable bonds is 4. The van der Waals surface area contributed by atoms with Crippen LogP contribution in [0, 0.1) is 0 Å². The summed E-state index contributed by atoms with van der Waals surface area (Å²) in [6.45, 7) is 2.63. The molecule has 142 valence electrons. The van der Waals surface area contributed by atoms with Gasteiger partial charge in [-0.15, -0.1) is 0 Å². The minimum Gasteiger partial charge on any atom is -0.483 e. The smallest absolute Gasteiger partial charge is 0.290 e. The van der Waals surface area contributed by atoms with Gasteiger partial charge in [-0.3, -0.25) is 9.59 Å². The number of β-amino-alcohol motifs (C(OH)–C–C–N with tert-alkyl or cyclic N) is 1. The topological polar surface area (TPSA) is 123 Å². The number of piperidine rings is 1. The van der Waals surface area contributed by atoms with Gasteiger partial charge in [0.15, 0.2) is 0 Å². The molecule has 0 saturated carbocycles. The maximum atomic E-state index is 8.97. The van der Waals surface area contributed by atoms with E-state index in [9.17, 15) is 0 Å². The van der Waals surface area contributed by atoms with E-state index in [0.717, 1.165) is 38.3 Å². The van der Waals surface area contributed by atoms with Crippen LogP contribution in [0.4, 0.5) is 5.82 Å². The molecule has 1 aliphatic rings. The minimum atomic E-state index is -0.250. The number of hydrogen-bond acceptors (Lipinski definition) is 6. The second-order valence-corrected chi connectivity index (χ2v) is 5.58. The first-order chi connectivity index (χ1) is 12.7. The fourth-order valence-corrected chi connectivity index (χ4v) is 2.87. The van der Waals surface area contributed by atoms with Gasteiger partial charge in [0.05, 0.1) is 6.61 Å². The van der Waals surface area contributed by atoms with Gasteiger partial charge in [-0.25, -0.2) is 4.98 Å². The van der Waals surface area contributed by atoms with E-state index in [1.165, 1.54) is 10.8 Å². The van der Waals surface area contributed by atoms with Crippen LogP contribution in [0.2, 0.25) is 0 Å². The zero-order chi connectivity index (χ0) is 19.2. The summed E-state index contributed by atoms with van der Waals surface area (Å²) in [6, 6.07) is 10.9. The molecule has 1 fully saturated rings. The third-order valence-electron chi connectivity index (χ3n) is 4.02. The number of carbonyl (C=O) groups is 2. The lowest BCUT2D eigenvalue weighted by molar-refractivity contribution is -0.123. The molecule has 8 nitrogen and oxygen atoms in total. The lowest BCUT2D eigenvalue weighted by Crippen LogP contribution is -2.40. The fourth-order valence-electron chi connectivity index (χ4n) is 2.87. The molecule has 0 radical (unpaired) electrons. The number of nitrogens with zero attached hydrogens (tertiary/aromatic N) is 2. The van der Waals surface area contributed by atoms with E-state index in [4.69, 9.17) is 24.9 Å². The van der Waals surface area contributed by atoms with Crippen molar-refractivity contribution in [3.8, 4) is 0 Å². The summed E-state index contributed by atoms with van der Waals surface area (Å²) in [6.07, 6.45) is 4.07. The molecule has 1 aromatic carbocycles. The van der Waals surface area contributed by atoms with E-state index >= 15 is 0 Å². The summed E-state index contributed by atoms with van der Waals surface area (Å²) in [4.78, 5) is 23.5. The second-order valence-electron chi connectivity index (χ2n) is 5.58. The third-order valence-corrected chi connectivity index (χ3v) is 4.02. The Bertz CT molecular complexity index is 649. The summed E-state index contributed by atoms with van der Waals surface area (Å²) in [5.74, 6) is 0.990. The maximum Gasteiger partial charge on any atom is 0.290 e. The number of benzene rings is 1. The van der Waals surface area contributed by atoms with Crippen LogP contribution in [-0.4, -0.2) is 70.4 Å². The Hall–Kier alpha value is -2.71. The second kappa shape index (κ2) is 12.6. The van der Waals surface area contributed by atoms with Crippen LogP contribution in [-0.2, 0) is 9.59 Å². The number of aliphatic hydroxyl groups is 1. The highest BCUT2D eigenvalue weighted by Gasteiger charge is 2.19. The van der Waals surface area contributed by atoms with E-state index < -0.39 is 0 Å². The first-order valence-electron chi connectivity index (χ1n) is 8.29. The minimum absolute atomic E-state index is 0.250. The van der Waals surface area contributed by atoms with Gasteiger partial charge < -0.3 is 25.5 Å². The molecule has 4 N–H and O–H groups in total. The number of pyridine rings is 1. The number of aliphatic hydroxyl groups excluding tert-OH is 1. The van der Waals surface area contributed by atoms with Crippen molar-refractivity contribution in [1.29, 1.82) is 0 Å². The number of fused-ring (bicyclic) bond motifs is 1. The largest absolute Gasteiger partial charge is 0.483 e. The number of carboxylic acid groups (broad SMARTS) is 2. The molecule has 1 aliphatic heterocycles. The monoisotopic (exact) mass is 363 g/mol. The number of anilines is 1. The van der Waals surface area contributed by atoms with Crippen LogP contribution < -0.4 is 5.32 Å². The van der Waals surface area contributed by atoms with Gasteiger partial charge in [-0.1, -0.05) is 24.3 Å². The standard InChI is InChI=1S/C16H21N3O.2CH2O2/c20-12-11-19-9-6-14(7-10-19)18-16-15-4-2-1-3-13(15)5-8-17-16;2*2-1-3/h1-5,8,14,20H,6-7,9-12H2,(H,17,18);2*1H,(H,2,3). The first-order valence-corrected chi connectivity index (χ1v) is 8.29. The highest BCUT2D eigenvalue weighted by molar-refractivity contribution is 5.91. The van der Waals surface area contributed by atoms with E-state index in [0.29, 0.717) is 6.04 Å². The zero-order valence-corrected chi connectivity index (χ0v) is 14.5. The van der Waals surface area contributed by atoms with Crippen LogP contribution in [0.3, 0.4) is 0 Å². The van der Waals surface area contributed by atoms with Crippen molar-refractivity contribution in [3.63, 3.8) is 0 Å². The van der Waals surface area contributed by atoms with Gasteiger partial charge in [-0.2, -0.15) is 0 Å². The highest BCUT2D eigenvalue weighted by Crippen LogP contribution is 2.23. The van der Waals surface area contributed by atoms with Crippen LogP contribution in [0.25, 0.3) is 10.8 Å². The summed E-state index contributed by atoms with van der Waals surface area (Å²) in [5.41, 5.74) is 0. The average molecular weight is 363 g/mol. The average Bonchev–Trinajstić information content (AvgIpc) is 2.65. The molecular formula is C18H25N3O5. The quantitative estimate of drug-likeness (QED) is 0.603. The lowest BCUT2D eigenvalue weighted by atomic mass is 10.0. The molecule has 0 atom stereocenters. The zero-order valence-electron chi connectivity index (χ0n) is 14.5. The van der Waals surface area contributed by atoms with Crippen molar-refractivity contribution < 1.29 is 24.9 Å². The van der Waals surface area contributed by atoms with Gasteiger partial charge in [-0.05, 0) is 24.3 Å². The summed E-state index contributed by atoms with van der Waals surface area (Å²) in [7, 11) is 0. The molecule has 0 amide bonds. The van der Waals surface area contributed by atoms with Gasteiger partial charge in [0.1, 0.15) is 5.82 Å².